The van der Waals surface area contributed by atoms with Gasteiger partial charge in [0.2, 0.25) is 0 Å². The van der Waals surface area contributed by atoms with Gasteiger partial charge in [-0.05, 0) is 41.5 Å². The lowest BCUT2D eigenvalue weighted by molar-refractivity contribution is 0.112. The molecule has 3 rings (SSSR count). The molecule has 0 radical (unpaired) electrons. The number of aliphatic hydroxyl groups is 1. The number of hydrogen-bond donors (Lipinski definition) is 1. The summed E-state index contributed by atoms with van der Waals surface area (Å²) < 4.78 is 13.6. The second kappa shape index (κ2) is 5.14. The average Bonchev–Trinajstić information content (AvgIpc) is 2.85. The fraction of sp³-hybridized carbons (Fsp3) is 0.294. The molecule has 0 saturated heterocycles. The van der Waals surface area contributed by atoms with Crippen LogP contribution in [0.1, 0.15) is 16.7 Å². The van der Waals surface area contributed by atoms with E-state index < -0.39 is 6.10 Å². The van der Waals surface area contributed by atoms with Crippen LogP contribution in [0.4, 0.5) is 4.39 Å². The number of fused-ring (bicyclic) bond motifs is 1. The molecule has 19 heavy (non-hydrogen) atoms. The fourth-order valence-electron chi connectivity index (χ4n) is 2.92. The maximum absolute atomic E-state index is 13.6. The van der Waals surface area contributed by atoms with Crippen LogP contribution in [0.2, 0.25) is 0 Å². The van der Waals surface area contributed by atoms with Crippen molar-refractivity contribution < 1.29 is 9.50 Å². The molecule has 0 fully saturated rings. The summed E-state index contributed by atoms with van der Waals surface area (Å²) in [4.78, 5) is 0. The minimum Gasteiger partial charge on any atom is -0.392 e. The van der Waals surface area contributed by atoms with Crippen LogP contribution in [0, 0.1) is 11.7 Å². The van der Waals surface area contributed by atoms with Crippen LogP contribution >= 0.6 is 0 Å². The predicted octanol–water partition coefficient (Wildman–Crippen LogP) is 3.14. The van der Waals surface area contributed by atoms with Gasteiger partial charge in [-0.3, -0.25) is 0 Å². The van der Waals surface area contributed by atoms with E-state index in [1.165, 1.54) is 17.2 Å². The Morgan fingerprint density at radius 3 is 2.21 bits per heavy atom. The first-order chi connectivity index (χ1) is 9.24. The molecule has 0 amide bonds. The molecule has 1 unspecified atom stereocenters. The molecule has 98 valence electrons. The van der Waals surface area contributed by atoms with E-state index in [0.717, 1.165) is 12.8 Å². The number of halogens is 1. The lowest BCUT2D eigenvalue weighted by Gasteiger charge is -2.18. The van der Waals surface area contributed by atoms with Gasteiger partial charge in [-0.25, -0.2) is 4.39 Å². The minimum atomic E-state index is -0.482. The first-order valence-electron chi connectivity index (χ1n) is 6.72. The van der Waals surface area contributed by atoms with E-state index in [-0.39, 0.29) is 11.7 Å². The molecule has 0 aliphatic heterocycles. The topological polar surface area (TPSA) is 20.2 Å². The summed E-state index contributed by atoms with van der Waals surface area (Å²) in [5, 5.41) is 10.3. The third-order valence-electron chi connectivity index (χ3n) is 4.01. The SMILES string of the molecule is OC(Cc1ccccc1F)C1Cc2ccccc2C1. The largest absolute Gasteiger partial charge is 0.392 e. The molecule has 1 aliphatic rings. The van der Waals surface area contributed by atoms with Crippen molar-refractivity contribution in [2.45, 2.75) is 25.4 Å². The van der Waals surface area contributed by atoms with Crippen molar-refractivity contribution in [3.05, 3.63) is 71.0 Å². The molecule has 1 N–H and O–H groups in total. The molecule has 2 aromatic carbocycles. The Morgan fingerprint density at radius 1 is 1.00 bits per heavy atom. The van der Waals surface area contributed by atoms with Crippen LogP contribution in [0.3, 0.4) is 0 Å². The van der Waals surface area contributed by atoms with Crippen molar-refractivity contribution in [3.63, 3.8) is 0 Å². The summed E-state index contributed by atoms with van der Waals surface area (Å²) in [5.74, 6) is -0.0194. The van der Waals surface area contributed by atoms with Crippen molar-refractivity contribution >= 4 is 0 Å². The van der Waals surface area contributed by atoms with E-state index in [0.29, 0.717) is 12.0 Å². The average molecular weight is 256 g/mol. The lowest BCUT2D eigenvalue weighted by Crippen LogP contribution is -2.23. The second-order valence-electron chi connectivity index (χ2n) is 5.30. The summed E-state index contributed by atoms with van der Waals surface area (Å²) in [6, 6.07) is 15.0. The Balaban J connectivity index is 1.70. The highest BCUT2D eigenvalue weighted by atomic mass is 19.1. The van der Waals surface area contributed by atoms with Crippen molar-refractivity contribution in [3.8, 4) is 0 Å². The van der Waals surface area contributed by atoms with E-state index >= 15 is 0 Å². The Bertz CT molecular complexity index is 554. The number of hydrogen-bond acceptors (Lipinski definition) is 1. The Kier molecular flexibility index (Phi) is 3.34. The van der Waals surface area contributed by atoms with E-state index in [9.17, 15) is 9.50 Å². The highest BCUT2D eigenvalue weighted by Crippen LogP contribution is 2.30. The predicted molar refractivity (Wildman–Crippen MR) is 73.5 cm³/mol. The van der Waals surface area contributed by atoms with Crippen LogP contribution in [-0.4, -0.2) is 11.2 Å². The van der Waals surface area contributed by atoms with Gasteiger partial charge in [0.1, 0.15) is 5.82 Å². The van der Waals surface area contributed by atoms with Crippen LogP contribution in [0.25, 0.3) is 0 Å². The Hall–Kier alpha value is -1.67. The molecule has 2 aromatic rings. The zero-order valence-electron chi connectivity index (χ0n) is 10.7. The summed E-state index contributed by atoms with van der Waals surface area (Å²) in [5.41, 5.74) is 3.24. The Morgan fingerprint density at radius 2 is 1.58 bits per heavy atom. The van der Waals surface area contributed by atoms with Gasteiger partial charge < -0.3 is 5.11 Å². The van der Waals surface area contributed by atoms with Crippen molar-refractivity contribution in [2.75, 3.05) is 0 Å². The van der Waals surface area contributed by atoms with Crippen LogP contribution in [0.15, 0.2) is 48.5 Å². The standard InChI is InChI=1S/C17H17FO/c18-16-8-4-3-7-14(16)11-17(19)15-9-12-5-1-2-6-13(12)10-15/h1-8,15,17,19H,9-11H2. The van der Waals surface area contributed by atoms with Crippen molar-refractivity contribution in [2.24, 2.45) is 5.92 Å². The first-order valence-corrected chi connectivity index (χ1v) is 6.72. The molecule has 1 aliphatic carbocycles. The molecule has 0 spiro atoms. The number of aliphatic hydroxyl groups excluding tert-OH is 1. The lowest BCUT2D eigenvalue weighted by atomic mass is 9.93. The summed E-state index contributed by atoms with van der Waals surface area (Å²) in [6.07, 6.45) is 1.70. The van der Waals surface area contributed by atoms with E-state index in [1.807, 2.05) is 18.2 Å². The van der Waals surface area contributed by atoms with Gasteiger partial charge >= 0.3 is 0 Å². The van der Waals surface area contributed by atoms with Gasteiger partial charge in [-0.15, -0.1) is 0 Å². The van der Waals surface area contributed by atoms with E-state index in [2.05, 4.69) is 12.1 Å². The molecular weight excluding hydrogens is 239 g/mol. The van der Waals surface area contributed by atoms with Crippen molar-refractivity contribution in [1.82, 2.24) is 0 Å². The van der Waals surface area contributed by atoms with Gasteiger partial charge in [-0.2, -0.15) is 0 Å². The van der Waals surface area contributed by atoms with Crippen LogP contribution < -0.4 is 0 Å². The quantitative estimate of drug-likeness (QED) is 0.894. The van der Waals surface area contributed by atoms with Gasteiger partial charge in [0, 0.05) is 6.42 Å². The third kappa shape index (κ3) is 2.54. The molecular formula is C17H17FO. The van der Waals surface area contributed by atoms with Gasteiger partial charge in [0.25, 0.3) is 0 Å². The summed E-state index contributed by atoms with van der Waals surface area (Å²) in [7, 11) is 0. The summed E-state index contributed by atoms with van der Waals surface area (Å²) >= 11 is 0. The smallest absolute Gasteiger partial charge is 0.126 e. The Labute approximate surface area is 112 Å². The van der Waals surface area contributed by atoms with Crippen LogP contribution in [0.5, 0.6) is 0 Å². The first kappa shape index (κ1) is 12.4. The molecule has 0 heterocycles. The molecule has 0 aromatic heterocycles. The number of rotatable bonds is 3. The monoisotopic (exact) mass is 256 g/mol. The molecule has 2 heteroatoms. The minimum absolute atomic E-state index is 0.206. The van der Waals surface area contributed by atoms with Crippen LogP contribution in [-0.2, 0) is 19.3 Å². The maximum Gasteiger partial charge on any atom is 0.126 e. The molecule has 0 saturated carbocycles. The van der Waals surface area contributed by atoms with E-state index in [1.54, 1.807) is 12.1 Å². The molecule has 0 bridgehead atoms. The second-order valence-corrected chi connectivity index (χ2v) is 5.30. The fourth-order valence-corrected chi connectivity index (χ4v) is 2.92. The zero-order chi connectivity index (χ0) is 13.2. The third-order valence-corrected chi connectivity index (χ3v) is 4.01. The maximum atomic E-state index is 13.6. The van der Waals surface area contributed by atoms with Gasteiger partial charge in [0.05, 0.1) is 6.10 Å². The normalized spacial score (nSPS) is 16.3. The highest BCUT2D eigenvalue weighted by Gasteiger charge is 2.27. The number of benzene rings is 2. The molecule has 1 atom stereocenters. The van der Waals surface area contributed by atoms with Crippen molar-refractivity contribution in [1.29, 1.82) is 0 Å². The zero-order valence-corrected chi connectivity index (χ0v) is 10.7. The van der Waals surface area contributed by atoms with E-state index in [4.69, 9.17) is 0 Å². The van der Waals surface area contributed by atoms with Gasteiger partial charge in [0.15, 0.2) is 0 Å². The highest BCUT2D eigenvalue weighted by molar-refractivity contribution is 5.32. The van der Waals surface area contributed by atoms with Gasteiger partial charge in [-0.1, -0.05) is 42.5 Å². The molecule has 1 nitrogen and oxygen atoms in total. The summed E-state index contributed by atoms with van der Waals surface area (Å²) in [6.45, 7) is 0.